The first-order valence-electron chi connectivity index (χ1n) is 2.32. The van der Waals surface area contributed by atoms with Gasteiger partial charge in [0.15, 0.2) is 0 Å². The lowest BCUT2D eigenvalue weighted by atomic mass is 10.7. The molecule has 1 aromatic rings. The third kappa shape index (κ3) is 2.26. The zero-order valence-corrected chi connectivity index (χ0v) is 6.63. The fourth-order valence-corrected chi connectivity index (χ4v) is 0.949. The van der Waals surface area contributed by atoms with Gasteiger partial charge in [-0.3, -0.25) is 0 Å². The largest absolute Gasteiger partial charge is 0.324 e. The SMILES string of the molecule is Cc1nsc(CN)n1.Cl. The van der Waals surface area contributed by atoms with Gasteiger partial charge in [0.25, 0.3) is 0 Å². The second-order valence-electron chi connectivity index (χ2n) is 1.44. The van der Waals surface area contributed by atoms with E-state index in [9.17, 15) is 0 Å². The van der Waals surface area contributed by atoms with Gasteiger partial charge in [0.1, 0.15) is 10.8 Å². The van der Waals surface area contributed by atoms with Gasteiger partial charge in [-0.15, -0.1) is 12.4 Å². The van der Waals surface area contributed by atoms with E-state index in [-0.39, 0.29) is 12.4 Å². The average Bonchev–Trinajstić information content (AvgIpc) is 2.14. The first-order valence-corrected chi connectivity index (χ1v) is 3.09. The van der Waals surface area contributed by atoms with Crippen LogP contribution in [-0.2, 0) is 6.54 Å². The maximum atomic E-state index is 5.27. The van der Waals surface area contributed by atoms with Gasteiger partial charge < -0.3 is 5.73 Å². The van der Waals surface area contributed by atoms with E-state index in [4.69, 9.17) is 5.73 Å². The lowest BCUT2D eigenvalue weighted by Gasteiger charge is -1.77. The van der Waals surface area contributed by atoms with Crippen molar-refractivity contribution in [3.8, 4) is 0 Å². The fraction of sp³-hybridized carbons (Fsp3) is 0.500. The Hall–Kier alpha value is -0.190. The van der Waals surface area contributed by atoms with Gasteiger partial charge in [0.05, 0.1) is 0 Å². The predicted molar refractivity (Wildman–Crippen MR) is 39.8 cm³/mol. The van der Waals surface area contributed by atoms with Crippen LogP contribution in [0.4, 0.5) is 0 Å². The molecule has 0 aliphatic carbocycles. The molecule has 0 aromatic carbocycles. The van der Waals surface area contributed by atoms with Crippen molar-refractivity contribution >= 4 is 23.9 Å². The van der Waals surface area contributed by atoms with Crippen LogP contribution >= 0.6 is 23.9 Å². The first-order chi connectivity index (χ1) is 3.83. The van der Waals surface area contributed by atoms with Gasteiger partial charge in [0, 0.05) is 6.54 Å². The van der Waals surface area contributed by atoms with E-state index < -0.39 is 0 Å². The number of nitrogens with two attached hydrogens (primary N) is 1. The molecule has 0 saturated heterocycles. The van der Waals surface area contributed by atoms with E-state index >= 15 is 0 Å². The van der Waals surface area contributed by atoms with Crippen molar-refractivity contribution in [3.63, 3.8) is 0 Å². The fourth-order valence-electron chi connectivity index (χ4n) is 0.423. The average molecular weight is 166 g/mol. The van der Waals surface area contributed by atoms with Crippen molar-refractivity contribution in [2.45, 2.75) is 13.5 Å². The number of hydrogen-bond acceptors (Lipinski definition) is 4. The molecule has 0 fully saturated rings. The highest BCUT2D eigenvalue weighted by Crippen LogP contribution is 2.00. The van der Waals surface area contributed by atoms with Crippen molar-refractivity contribution in [2.75, 3.05) is 0 Å². The van der Waals surface area contributed by atoms with Crippen molar-refractivity contribution < 1.29 is 0 Å². The Labute approximate surface area is 63.9 Å². The second kappa shape index (κ2) is 3.76. The Morgan fingerprint density at radius 1 is 1.67 bits per heavy atom. The molecule has 5 heteroatoms. The minimum Gasteiger partial charge on any atom is -0.324 e. The van der Waals surface area contributed by atoms with Gasteiger partial charge in [-0.1, -0.05) is 0 Å². The van der Waals surface area contributed by atoms with E-state index in [1.54, 1.807) is 0 Å². The van der Waals surface area contributed by atoms with Crippen LogP contribution < -0.4 is 5.73 Å². The molecule has 2 N–H and O–H groups in total. The molecule has 0 saturated carbocycles. The highest BCUT2D eigenvalue weighted by Gasteiger charge is 1.93. The minimum atomic E-state index is 0. The molecular weight excluding hydrogens is 158 g/mol. The van der Waals surface area contributed by atoms with Crippen LogP contribution in [0.2, 0.25) is 0 Å². The van der Waals surface area contributed by atoms with E-state index in [2.05, 4.69) is 9.36 Å². The summed E-state index contributed by atoms with van der Waals surface area (Å²) in [5.41, 5.74) is 5.27. The van der Waals surface area contributed by atoms with Crippen molar-refractivity contribution in [1.82, 2.24) is 9.36 Å². The molecule has 9 heavy (non-hydrogen) atoms. The number of halogens is 1. The highest BCUT2D eigenvalue weighted by atomic mass is 35.5. The second-order valence-corrected chi connectivity index (χ2v) is 2.28. The topological polar surface area (TPSA) is 51.8 Å². The van der Waals surface area contributed by atoms with Gasteiger partial charge in [-0.2, -0.15) is 4.37 Å². The molecule has 0 aliphatic heterocycles. The summed E-state index contributed by atoms with van der Waals surface area (Å²) < 4.78 is 3.94. The Morgan fingerprint density at radius 2 is 2.33 bits per heavy atom. The number of rotatable bonds is 1. The predicted octanol–water partition coefficient (Wildman–Crippen LogP) is 0.727. The molecule has 3 nitrogen and oxygen atoms in total. The summed E-state index contributed by atoms with van der Waals surface area (Å²) in [6, 6.07) is 0. The zero-order chi connectivity index (χ0) is 5.98. The summed E-state index contributed by atoms with van der Waals surface area (Å²) in [5.74, 6) is 0.815. The van der Waals surface area contributed by atoms with E-state index in [0.717, 1.165) is 10.8 Å². The molecule has 0 amide bonds. The summed E-state index contributed by atoms with van der Waals surface area (Å²) in [7, 11) is 0. The van der Waals surface area contributed by atoms with Crippen LogP contribution in [0.25, 0.3) is 0 Å². The standard InChI is InChI=1S/C4H7N3S.ClH/c1-3-6-4(2-5)8-7-3;/h2,5H2,1H3;1H. The Kier molecular flexibility index (Phi) is 3.68. The monoisotopic (exact) mass is 165 g/mol. The summed E-state index contributed by atoms with van der Waals surface area (Å²) in [5, 5.41) is 0.905. The van der Waals surface area contributed by atoms with Crippen LogP contribution in [0.5, 0.6) is 0 Å². The normalized spacial score (nSPS) is 8.67. The van der Waals surface area contributed by atoms with Crippen LogP contribution in [-0.4, -0.2) is 9.36 Å². The van der Waals surface area contributed by atoms with Gasteiger partial charge in [-0.05, 0) is 18.5 Å². The molecule has 0 bridgehead atoms. The molecule has 52 valence electrons. The highest BCUT2D eigenvalue weighted by molar-refractivity contribution is 7.05. The van der Waals surface area contributed by atoms with Crippen LogP contribution in [0.3, 0.4) is 0 Å². The minimum absolute atomic E-state index is 0. The first kappa shape index (κ1) is 8.81. The van der Waals surface area contributed by atoms with Crippen molar-refractivity contribution in [1.29, 1.82) is 0 Å². The van der Waals surface area contributed by atoms with Crippen LogP contribution in [0.15, 0.2) is 0 Å². The Balaban J connectivity index is 0.000000640. The maximum absolute atomic E-state index is 5.27. The third-order valence-corrected chi connectivity index (χ3v) is 1.57. The van der Waals surface area contributed by atoms with Crippen LogP contribution in [0.1, 0.15) is 10.8 Å². The summed E-state index contributed by atoms with van der Waals surface area (Å²) in [6.07, 6.45) is 0. The molecule has 1 rings (SSSR count). The van der Waals surface area contributed by atoms with E-state index in [0.29, 0.717) is 6.54 Å². The molecule has 0 unspecified atom stereocenters. The lowest BCUT2D eigenvalue weighted by Crippen LogP contribution is -1.94. The summed E-state index contributed by atoms with van der Waals surface area (Å²) in [6.45, 7) is 2.36. The smallest absolute Gasteiger partial charge is 0.139 e. The zero-order valence-electron chi connectivity index (χ0n) is 5.00. The van der Waals surface area contributed by atoms with Gasteiger partial charge in [-0.25, -0.2) is 4.98 Å². The van der Waals surface area contributed by atoms with Crippen molar-refractivity contribution in [2.24, 2.45) is 5.73 Å². The molecule has 0 radical (unpaired) electrons. The molecule has 0 aliphatic rings. The lowest BCUT2D eigenvalue weighted by molar-refractivity contribution is 1.01. The van der Waals surface area contributed by atoms with Crippen molar-refractivity contribution in [3.05, 3.63) is 10.8 Å². The quantitative estimate of drug-likeness (QED) is 0.668. The molecule has 0 spiro atoms. The van der Waals surface area contributed by atoms with E-state index in [1.165, 1.54) is 11.5 Å². The maximum Gasteiger partial charge on any atom is 0.139 e. The molecule has 1 heterocycles. The van der Waals surface area contributed by atoms with Gasteiger partial charge >= 0.3 is 0 Å². The van der Waals surface area contributed by atoms with E-state index in [1.807, 2.05) is 6.92 Å². The number of hydrogen-bond donors (Lipinski definition) is 1. The van der Waals surface area contributed by atoms with Crippen LogP contribution in [0, 0.1) is 6.92 Å². The number of aryl methyl sites for hydroxylation is 1. The molecule has 0 atom stereocenters. The molecule has 1 aromatic heterocycles. The Bertz CT molecular complexity index is 176. The number of nitrogens with zero attached hydrogens (tertiary/aromatic N) is 2. The summed E-state index contributed by atoms with van der Waals surface area (Å²) in [4.78, 5) is 4.01. The Morgan fingerprint density at radius 3 is 2.56 bits per heavy atom. The summed E-state index contributed by atoms with van der Waals surface area (Å²) >= 11 is 1.36. The number of aromatic nitrogens is 2. The third-order valence-electron chi connectivity index (χ3n) is 0.744. The molecular formula is C4H8ClN3S. The van der Waals surface area contributed by atoms with Gasteiger partial charge in [0.2, 0.25) is 0 Å².